The third kappa shape index (κ3) is 6.27. The van der Waals surface area contributed by atoms with E-state index in [1.54, 1.807) is 0 Å². The molecular weight excluding hydrogens is 1020 g/mol. The second-order valence-corrected chi connectivity index (χ2v) is 16.8. The van der Waals surface area contributed by atoms with Crippen molar-refractivity contribution in [1.29, 1.82) is 0 Å². The number of furan rings is 2. The number of benzene rings is 9. The fraction of sp³-hybridized carbons (Fsp3) is 0. The van der Waals surface area contributed by atoms with Crippen LogP contribution in [0.5, 0.6) is 11.5 Å². The number of nitrogens with zero attached hydrogens (tertiary/aromatic N) is 4. The summed E-state index contributed by atoms with van der Waals surface area (Å²) in [6.07, 6.45) is 1.81. The van der Waals surface area contributed by atoms with Crippen molar-refractivity contribution in [2.24, 2.45) is 0 Å². The van der Waals surface area contributed by atoms with Crippen LogP contribution >= 0.6 is 0 Å². The Morgan fingerprint density at radius 2 is 1.15 bits per heavy atom. The van der Waals surface area contributed by atoms with Crippen molar-refractivity contribution in [2.75, 3.05) is 9.80 Å². The smallest absolute Gasteiger partial charge is 0.139 e. The normalized spacial score (nSPS) is 12.5. The van der Waals surface area contributed by atoms with Crippen molar-refractivity contribution in [3.63, 3.8) is 0 Å². The fourth-order valence-electron chi connectivity index (χ4n) is 9.95. The molecule has 8 heteroatoms. The standard InChI is InChI=1S/C60H35N4O3.Pt/c1-3-16-38(17-4-1)42-22-15-23-43(39-18-5-2-6-19-39)59(42)63-37-62(51-25-10-11-26-52(51)63)40-32-49-48-35-47-46-21-8-12-27-54(46)66-55(47)36-56(48)67-60(49)57(33-40)65-41-29-30-45-44-20-7-9-24-50(44)64(53(45)34-41)58-28-13-14-31-61-58;/h1-32,35-37H;/q-3;. The van der Waals surface area contributed by atoms with Gasteiger partial charge in [0.1, 0.15) is 22.6 Å². The van der Waals surface area contributed by atoms with Gasteiger partial charge in [-0.1, -0.05) is 150 Å². The maximum absolute atomic E-state index is 7.00. The van der Waals surface area contributed by atoms with E-state index in [4.69, 9.17) is 18.6 Å². The molecule has 0 spiro atoms. The molecule has 68 heavy (non-hydrogen) atoms. The van der Waals surface area contributed by atoms with E-state index in [0.717, 1.165) is 105 Å². The van der Waals surface area contributed by atoms with Gasteiger partial charge in [0.25, 0.3) is 0 Å². The number of ether oxygens (including phenoxy) is 1. The molecule has 0 atom stereocenters. The number of pyridine rings is 1. The third-order valence-electron chi connectivity index (χ3n) is 12.9. The number of aromatic nitrogens is 2. The van der Waals surface area contributed by atoms with E-state index in [1.807, 2.05) is 60.8 Å². The first-order valence-electron chi connectivity index (χ1n) is 22.3. The zero-order chi connectivity index (χ0) is 44.0. The van der Waals surface area contributed by atoms with Gasteiger partial charge in [0, 0.05) is 88.9 Å². The van der Waals surface area contributed by atoms with Crippen molar-refractivity contribution < 1.29 is 34.6 Å². The van der Waals surface area contributed by atoms with Crippen LogP contribution in [0.15, 0.2) is 215 Å². The molecule has 0 radical (unpaired) electrons. The molecule has 0 fully saturated rings. The van der Waals surface area contributed by atoms with Gasteiger partial charge >= 0.3 is 0 Å². The van der Waals surface area contributed by atoms with E-state index in [-0.39, 0.29) is 21.1 Å². The minimum absolute atomic E-state index is 0. The summed E-state index contributed by atoms with van der Waals surface area (Å²) in [5, 5.41) is 6.03. The number of para-hydroxylation sites is 5. The topological polar surface area (TPSA) is 59.8 Å². The molecule has 7 nitrogen and oxygen atoms in total. The van der Waals surface area contributed by atoms with Crippen molar-refractivity contribution in [3.05, 3.63) is 225 Å². The van der Waals surface area contributed by atoms with Crippen LogP contribution in [0.25, 0.3) is 93.8 Å². The first kappa shape index (κ1) is 39.9. The van der Waals surface area contributed by atoms with Crippen LogP contribution in [0.4, 0.5) is 22.7 Å². The van der Waals surface area contributed by atoms with Crippen LogP contribution in [0.1, 0.15) is 0 Å². The molecule has 1 aliphatic heterocycles. The molecule has 13 aromatic rings. The second-order valence-electron chi connectivity index (χ2n) is 16.8. The molecule has 4 aromatic heterocycles. The quantitative estimate of drug-likeness (QED) is 0.148. The van der Waals surface area contributed by atoms with Crippen molar-refractivity contribution in [3.8, 4) is 39.6 Å². The molecule has 0 saturated carbocycles. The maximum Gasteiger partial charge on any atom is 0.139 e. The van der Waals surface area contributed by atoms with Gasteiger partial charge in [-0.2, -0.15) is 6.07 Å². The maximum atomic E-state index is 7.00. The minimum Gasteiger partial charge on any atom is -0.512 e. The van der Waals surface area contributed by atoms with Crippen molar-refractivity contribution in [2.45, 2.75) is 0 Å². The predicted octanol–water partition coefficient (Wildman–Crippen LogP) is 16.1. The molecule has 0 amide bonds. The van der Waals surface area contributed by atoms with Gasteiger partial charge in [0.15, 0.2) is 0 Å². The SMILES string of the molecule is [Pt].[c-]1c(N2[CH-]N(c3c(-c4ccccc4)cccc3-c3ccccc3)c3ccccc32)cc2c(oc3cc4oc5ccccc5c4cc32)c1Oc1[c-]c2c(cc1)c1ccccc1n2-c1ccccn1. The van der Waals surface area contributed by atoms with Gasteiger partial charge in [-0.3, -0.25) is 0 Å². The predicted molar refractivity (Wildman–Crippen MR) is 270 cm³/mol. The summed E-state index contributed by atoms with van der Waals surface area (Å²) in [5.74, 6) is 1.74. The Kier molecular flexibility index (Phi) is 9.34. The summed E-state index contributed by atoms with van der Waals surface area (Å²) in [6.45, 7) is 2.17. The number of hydrogen-bond donors (Lipinski definition) is 0. The van der Waals surface area contributed by atoms with Crippen LogP contribution in [-0.4, -0.2) is 9.55 Å². The zero-order valence-corrected chi connectivity index (χ0v) is 38.3. The summed E-state index contributed by atoms with van der Waals surface area (Å²) in [6, 6.07) is 76.4. The molecule has 0 N–H and O–H groups in total. The van der Waals surface area contributed by atoms with Crippen LogP contribution < -0.4 is 14.5 Å². The first-order chi connectivity index (χ1) is 33.2. The van der Waals surface area contributed by atoms with Crippen molar-refractivity contribution in [1.82, 2.24) is 9.55 Å². The Labute approximate surface area is 404 Å². The Hall–Kier alpha value is -8.38. The van der Waals surface area contributed by atoms with Gasteiger partial charge < -0.3 is 27.9 Å². The summed E-state index contributed by atoms with van der Waals surface area (Å²) in [7, 11) is 0. The molecule has 0 aliphatic carbocycles. The van der Waals surface area contributed by atoms with Gasteiger partial charge in [-0.25, -0.2) is 4.98 Å². The van der Waals surface area contributed by atoms with E-state index < -0.39 is 0 Å². The molecule has 0 bridgehead atoms. The molecule has 326 valence electrons. The largest absolute Gasteiger partial charge is 0.512 e. The monoisotopic (exact) mass is 1050 g/mol. The Bertz CT molecular complexity index is 4010. The Balaban J connectivity index is 0.00000457. The molecule has 1 aliphatic rings. The number of hydrogen-bond acceptors (Lipinski definition) is 6. The third-order valence-corrected chi connectivity index (χ3v) is 12.9. The van der Waals surface area contributed by atoms with Crippen LogP contribution in [0.3, 0.4) is 0 Å². The molecule has 9 aromatic carbocycles. The summed E-state index contributed by atoms with van der Waals surface area (Å²) < 4.78 is 22.3. The van der Waals surface area contributed by atoms with Crippen molar-refractivity contribution >= 4 is 88.4 Å². The molecular formula is C60H35N4O3Pt-3. The average molecular weight is 1060 g/mol. The van der Waals surface area contributed by atoms with Gasteiger partial charge in [-0.15, -0.1) is 36.3 Å². The van der Waals surface area contributed by atoms with E-state index in [2.05, 4.69) is 179 Å². The van der Waals surface area contributed by atoms with Crippen LogP contribution in [0, 0.1) is 18.8 Å². The molecule has 0 unspecified atom stereocenters. The number of fused-ring (bicyclic) bond motifs is 10. The zero-order valence-electron chi connectivity index (χ0n) is 36.0. The Morgan fingerprint density at radius 1 is 0.485 bits per heavy atom. The first-order valence-corrected chi connectivity index (χ1v) is 22.3. The number of rotatable bonds is 7. The van der Waals surface area contributed by atoms with E-state index in [9.17, 15) is 0 Å². The summed E-state index contributed by atoms with van der Waals surface area (Å²) in [4.78, 5) is 9.26. The summed E-state index contributed by atoms with van der Waals surface area (Å²) in [5.41, 5.74) is 13.1. The number of anilines is 4. The average Bonchev–Trinajstić information content (AvgIpc) is 4.15. The van der Waals surface area contributed by atoms with Gasteiger partial charge in [0.05, 0.1) is 11.3 Å². The molecule has 14 rings (SSSR count). The minimum atomic E-state index is 0. The van der Waals surface area contributed by atoms with E-state index in [0.29, 0.717) is 22.7 Å². The van der Waals surface area contributed by atoms with E-state index >= 15 is 0 Å². The van der Waals surface area contributed by atoms with Crippen LogP contribution in [-0.2, 0) is 21.1 Å². The Morgan fingerprint density at radius 3 is 1.91 bits per heavy atom. The summed E-state index contributed by atoms with van der Waals surface area (Å²) >= 11 is 0. The fourth-order valence-corrected chi connectivity index (χ4v) is 9.95. The second kappa shape index (κ2) is 15.9. The van der Waals surface area contributed by atoms with E-state index in [1.165, 1.54) is 0 Å². The molecule has 0 saturated heterocycles. The molecule has 5 heterocycles. The van der Waals surface area contributed by atoms with Crippen LogP contribution in [0.2, 0.25) is 0 Å². The van der Waals surface area contributed by atoms with Gasteiger partial charge in [-0.05, 0) is 59.0 Å². The van der Waals surface area contributed by atoms with Gasteiger partial charge in [0.2, 0.25) is 0 Å².